The molecule has 1 aromatic carbocycles. The molecule has 2 heterocycles. The molecular formula is C22H28N4O. The molecule has 1 aromatic heterocycles. The summed E-state index contributed by atoms with van der Waals surface area (Å²) in [6.07, 6.45) is 0. The molecule has 5 nitrogen and oxygen atoms in total. The third-order valence-electron chi connectivity index (χ3n) is 5.40. The number of amides is 1. The van der Waals surface area contributed by atoms with Gasteiger partial charge in [-0.3, -0.25) is 14.4 Å². The van der Waals surface area contributed by atoms with Gasteiger partial charge in [-0.1, -0.05) is 49.8 Å². The molecule has 1 atom stereocenters. The Bertz CT molecular complexity index is 866. The summed E-state index contributed by atoms with van der Waals surface area (Å²) in [5.74, 6) is 0.677. The highest BCUT2D eigenvalue weighted by Crippen LogP contribution is 2.46. The summed E-state index contributed by atoms with van der Waals surface area (Å²) in [6.45, 7) is 11.1. The fraction of sp³-hybridized carbons (Fsp3) is 0.455. The average molecular weight is 364 g/mol. The second-order valence-electron chi connectivity index (χ2n) is 8.09. The van der Waals surface area contributed by atoms with E-state index in [1.54, 1.807) is 0 Å². The normalized spacial score (nSPS) is 19.3. The molecular weight excluding hydrogens is 336 g/mol. The molecule has 2 aromatic rings. The van der Waals surface area contributed by atoms with Gasteiger partial charge in [0.05, 0.1) is 30.4 Å². The van der Waals surface area contributed by atoms with E-state index in [0.717, 1.165) is 37.4 Å². The molecule has 1 N–H and O–H groups in total. The van der Waals surface area contributed by atoms with Gasteiger partial charge in [0.15, 0.2) is 0 Å². The van der Waals surface area contributed by atoms with Crippen molar-refractivity contribution in [3.8, 4) is 0 Å². The van der Waals surface area contributed by atoms with Crippen molar-refractivity contribution in [1.82, 2.24) is 20.0 Å². The molecule has 5 heteroatoms. The maximum absolute atomic E-state index is 12.6. The number of carbonyl (C=O) groups excluding carboxylic acids is 1. The number of carbonyl (C=O) groups is 1. The standard InChI is InChI=1S/C22H28N4O/c1-15(2)13-25-9-10-26-19(14-25)11-18(24-26)12-23-22(27)21-16(3)20(21)17-7-5-4-6-8-17/h4-8,11,15,21H,9-10,12-14H2,1-3H3,(H,23,27)/t21-/m1/s1. The van der Waals surface area contributed by atoms with Crippen LogP contribution in [-0.4, -0.2) is 33.7 Å². The van der Waals surface area contributed by atoms with E-state index in [2.05, 4.69) is 52.0 Å². The topological polar surface area (TPSA) is 50.2 Å². The minimum absolute atomic E-state index is 0.0776. The molecule has 27 heavy (non-hydrogen) atoms. The lowest BCUT2D eigenvalue weighted by molar-refractivity contribution is -0.121. The fourth-order valence-corrected chi connectivity index (χ4v) is 4.09. The first-order valence-electron chi connectivity index (χ1n) is 9.84. The molecule has 0 radical (unpaired) electrons. The van der Waals surface area contributed by atoms with Gasteiger partial charge in [0.2, 0.25) is 5.91 Å². The first-order chi connectivity index (χ1) is 13.0. The van der Waals surface area contributed by atoms with Gasteiger partial charge in [-0.2, -0.15) is 5.10 Å². The maximum atomic E-state index is 12.6. The third kappa shape index (κ3) is 3.83. The van der Waals surface area contributed by atoms with Crippen LogP contribution in [0.25, 0.3) is 5.57 Å². The van der Waals surface area contributed by atoms with Crippen molar-refractivity contribution in [3.63, 3.8) is 0 Å². The van der Waals surface area contributed by atoms with Crippen molar-refractivity contribution in [1.29, 1.82) is 0 Å². The molecule has 0 unspecified atom stereocenters. The predicted octanol–water partition coefficient (Wildman–Crippen LogP) is 3.07. The average Bonchev–Trinajstić information content (AvgIpc) is 3.15. The van der Waals surface area contributed by atoms with Gasteiger partial charge in [0, 0.05) is 19.6 Å². The van der Waals surface area contributed by atoms with Crippen LogP contribution < -0.4 is 5.32 Å². The molecule has 0 saturated carbocycles. The van der Waals surface area contributed by atoms with Crippen LogP contribution in [-0.2, 0) is 24.4 Å². The highest BCUT2D eigenvalue weighted by Gasteiger charge is 2.39. The summed E-state index contributed by atoms with van der Waals surface area (Å²) in [7, 11) is 0. The Morgan fingerprint density at radius 2 is 2.04 bits per heavy atom. The van der Waals surface area contributed by atoms with Crippen LogP contribution in [0.5, 0.6) is 0 Å². The zero-order chi connectivity index (χ0) is 19.0. The van der Waals surface area contributed by atoms with E-state index in [4.69, 9.17) is 0 Å². The highest BCUT2D eigenvalue weighted by molar-refractivity contribution is 6.05. The quantitative estimate of drug-likeness (QED) is 0.857. The van der Waals surface area contributed by atoms with Crippen LogP contribution >= 0.6 is 0 Å². The second kappa shape index (κ2) is 7.31. The molecule has 0 spiro atoms. The predicted molar refractivity (Wildman–Crippen MR) is 107 cm³/mol. The lowest BCUT2D eigenvalue weighted by Gasteiger charge is -2.28. The largest absolute Gasteiger partial charge is 0.350 e. The first-order valence-corrected chi connectivity index (χ1v) is 9.84. The number of hydrogen-bond donors (Lipinski definition) is 1. The van der Waals surface area contributed by atoms with Crippen molar-refractivity contribution >= 4 is 11.5 Å². The number of nitrogens with one attached hydrogen (secondary N) is 1. The SMILES string of the molecule is CC1=C(c2ccccc2)[C@@H]1C(=O)NCc1cc2n(n1)CCN(CC(C)C)C2. The molecule has 2 aliphatic rings. The van der Waals surface area contributed by atoms with Gasteiger partial charge in [0.25, 0.3) is 0 Å². The number of nitrogens with zero attached hydrogens (tertiary/aromatic N) is 3. The highest BCUT2D eigenvalue weighted by atomic mass is 16.2. The molecule has 0 saturated heterocycles. The summed E-state index contributed by atoms with van der Waals surface area (Å²) in [5.41, 5.74) is 5.69. The summed E-state index contributed by atoms with van der Waals surface area (Å²) in [6, 6.07) is 12.3. The lowest BCUT2D eigenvalue weighted by atomic mass is 10.1. The Kier molecular flexibility index (Phi) is 4.87. The Hall–Kier alpha value is -2.40. The third-order valence-corrected chi connectivity index (χ3v) is 5.40. The van der Waals surface area contributed by atoms with Crippen molar-refractivity contribution in [2.45, 2.75) is 40.4 Å². The van der Waals surface area contributed by atoms with Crippen LogP contribution in [0.1, 0.15) is 37.7 Å². The molecule has 1 amide bonds. The van der Waals surface area contributed by atoms with Gasteiger partial charge in [-0.25, -0.2) is 0 Å². The summed E-state index contributed by atoms with van der Waals surface area (Å²) < 4.78 is 2.09. The molecule has 1 aliphatic heterocycles. The van der Waals surface area contributed by atoms with Crippen LogP contribution in [0.2, 0.25) is 0 Å². The number of fused-ring (bicyclic) bond motifs is 1. The Morgan fingerprint density at radius 3 is 2.78 bits per heavy atom. The van der Waals surface area contributed by atoms with E-state index in [1.807, 2.05) is 25.1 Å². The van der Waals surface area contributed by atoms with Crippen molar-refractivity contribution in [2.24, 2.45) is 11.8 Å². The Morgan fingerprint density at radius 1 is 1.26 bits per heavy atom. The van der Waals surface area contributed by atoms with Crippen LogP contribution in [0.4, 0.5) is 0 Å². The smallest absolute Gasteiger partial charge is 0.232 e. The van der Waals surface area contributed by atoms with E-state index >= 15 is 0 Å². The Balaban J connectivity index is 1.33. The zero-order valence-electron chi connectivity index (χ0n) is 16.4. The van der Waals surface area contributed by atoms with Gasteiger partial charge in [-0.05, 0) is 30.0 Å². The Labute approximate surface area is 161 Å². The molecule has 142 valence electrons. The lowest BCUT2D eigenvalue weighted by Crippen LogP contribution is -2.36. The number of benzene rings is 1. The van der Waals surface area contributed by atoms with Gasteiger partial charge in [-0.15, -0.1) is 0 Å². The van der Waals surface area contributed by atoms with E-state index in [0.29, 0.717) is 12.5 Å². The summed E-state index contributed by atoms with van der Waals surface area (Å²) >= 11 is 0. The van der Waals surface area contributed by atoms with E-state index < -0.39 is 0 Å². The molecule has 1 aliphatic carbocycles. The molecule has 0 fully saturated rings. The maximum Gasteiger partial charge on any atom is 0.232 e. The van der Waals surface area contributed by atoms with E-state index in [1.165, 1.54) is 16.8 Å². The monoisotopic (exact) mass is 364 g/mol. The number of aromatic nitrogens is 2. The van der Waals surface area contributed by atoms with Crippen LogP contribution in [0.3, 0.4) is 0 Å². The van der Waals surface area contributed by atoms with Crippen LogP contribution in [0, 0.1) is 11.8 Å². The molecule has 4 rings (SSSR count). The second-order valence-corrected chi connectivity index (χ2v) is 8.09. The summed E-state index contributed by atoms with van der Waals surface area (Å²) in [5, 5.41) is 7.75. The van der Waals surface area contributed by atoms with Crippen molar-refractivity contribution < 1.29 is 4.79 Å². The number of hydrogen-bond acceptors (Lipinski definition) is 3. The minimum atomic E-state index is -0.0776. The number of rotatable bonds is 6. The molecule has 0 bridgehead atoms. The fourth-order valence-electron chi connectivity index (χ4n) is 4.09. The van der Waals surface area contributed by atoms with Gasteiger partial charge < -0.3 is 5.32 Å². The van der Waals surface area contributed by atoms with E-state index in [-0.39, 0.29) is 11.8 Å². The first kappa shape index (κ1) is 18.0. The van der Waals surface area contributed by atoms with Gasteiger partial charge >= 0.3 is 0 Å². The zero-order valence-corrected chi connectivity index (χ0v) is 16.4. The van der Waals surface area contributed by atoms with Crippen LogP contribution in [0.15, 0.2) is 42.0 Å². The van der Waals surface area contributed by atoms with E-state index in [9.17, 15) is 4.79 Å². The minimum Gasteiger partial charge on any atom is -0.350 e. The van der Waals surface area contributed by atoms with Gasteiger partial charge in [0.1, 0.15) is 0 Å². The summed E-state index contributed by atoms with van der Waals surface area (Å²) in [4.78, 5) is 15.1. The van der Waals surface area contributed by atoms with Crippen molar-refractivity contribution in [3.05, 3.63) is 58.9 Å². The van der Waals surface area contributed by atoms with Crippen molar-refractivity contribution in [2.75, 3.05) is 13.1 Å².